The lowest BCUT2D eigenvalue weighted by molar-refractivity contribution is -0.122. The summed E-state index contributed by atoms with van der Waals surface area (Å²) in [6.07, 6.45) is 0.0494. The maximum Gasteiger partial charge on any atom is 0.240 e. The number of halogens is 1. The highest BCUT2D eigenvalue weighted by Gasteiger charge is 2.32. The van der Waals surface area contributed by atoms with Gasteiger partial charge in [-0.15, -0.1) is 10.2 Å². The van der Waals surface area contributed by atoms with Crippen LogP contribution in [-0.2, 0) is 9.59 Å². The molecular formula is C24H17BrN4O2S. The van der Waals surface area contributed by atoms with Crippen molar-refractivity contribution in [1.29, 1.82) is 0 Å². The fourth-order valence-corrected chi connectivity index (χ4v) is 4.88. The molecule has 1 aliphatic heterocycles. The van der Waals surface area contributed by atoms with E-state index >= 15 is 0 Å². The van der Waals surface area contributed by atoms with Gasteiger partial charge in [-0.3, -0.25) is 9.59 Å². The molecule has 0 saturated carbocycles. The van der Waals surface area contributed by atoms with E-state index in [4.69, 9.17) is 0 Å². The van der Waals surface area contributed by atoms with Gasteiger partial charge >= 0.3 is 0 Å². The van der Waals surface area contributed by atoms with Crippen molar-refractivity contribution in [3.8, 4) is 11.1 Å². The van der Waals surface area contributed by atoms with E-state index in [1.165, 1.54) is 11.8 Å². The molecule has 0 radical (unpaired) electrons. The predicted molar refractivity (Wildman–Crippen MR) is 132 cm³/mol. The van der Waals surface area contributed by atoms with E-state index < -0.39 is 5.25 Å². The first kappa shape index (κ1) is 20.7. The van der Waals surface area contributed by atoms with E-state index in [2.05, 4.69) is 48.9 Å². The fourth-order valence-electron chi connectivity index (χ4n) is 3.70. The summed E-state index contributed by atoms with van der Waals surface area (Å²) in [6.45, 7) is 0. The number of hydrogen-bond acceptors (Lipinski definition) is 5. The van der Waals surface area contributed by atoms with E-state index in [1.807, 2.05) is 48.5 Å². The van der Waals surface area contributed by atoms with Crippen LogP contribution in [0.3, 0.4) is 0 Å². The standard InChI is InChI=1S/C24H17BrN4O2S/c25-14-9-11-15(12-10-14)26-21(30)13-20-23(31)27-24(32-20)29-28-22-18-7-3-1-5-16(18)17-6-2-4-8-19(17)22/h1-12,20H,13H2,(H,26,30)(H,27,29,31)/t20-/m1/s1. The zero-order valence-corrected chi connectivity index (χ0v) is 19.1. The second-order valence-electron chi connectivity index (χ2n) is 7.30. The second-order valence-corrected chi connectivity index (χ2v) is 9.41. The minimum Gasteiger partial charge on any atom is -0.326 e. The topological polar surface area (TPSA) is 82.9 Å². The van der Waals surface area contributed by atoms with Crippen molar-refractivity contribution >= 4 is 56.1 Å². The van der Waals surface area contributed by atoms with Crippen molar-refractivity contribution < 1.29 is 9.59 Å². The molecule has 1 atom stereocenters. The van der Waals surface area contributed by atoms with Crippen LogP contribution in [0.25, 0.3) is 11.1 Å². The first-order valence-corrected chi connectivity index (χ1v) is 11.6. The minimum atomic E-state index is -0.549. The first-order valence-electron chi connectivity index (χ1n) is 9.96. The Morgan fingerprint density at radius 1 is 0.906 bits per heavy atom. The summed E-state index contributed by atoms with van der Waals surface area (Å²) in [4.78, 5) is 24.7. The normalized spacial score (nSPS) is 17.7. The van der Waals surface area contributed by atoms with Crippen LogP contribution in [0.2, 0.25) is 0 Å². The summed E-state index contributed by atoms with van der Waals surface area (Å²) in [5.74, 6) is -0.474. The highest BCUT2D eigenvalue weighted by Crippen LogP contribution is 2.36. The molecule has 2 amide bonds. The zero-order valence-electron chi connectivity index (χ0n) is 16.7. The summed E-state index contributed by atoms with van der Waals surface area (Å²) in [5.41, 5.74) is 5.71. The van der Waals surface area contributed by atoms with Gasteiger partial charge in [0.05, 0.1) is 0 Å². The van der Waals surface area contributed by atoms with Crippen LogP contribution >= 0.6 is 27.7 Å². The lowest BCUT2D eigenvalue weighted by Crippen LogP contribution is -2.28. The molecule has 6 nitrogen and oxygen atoms in total. The van der Waals surface area contributed by atoms with Gasteiger partial charge in [0.15, 0.2) is 5.17 Å². The third-order valence-corrected chi connectivity index (χ3v) is 6.77. The van der Waals surface area contributed by atoms with Crippen molar-refractivity contribution in [2.45, 2.75) is 11.7 Å². The number of benzene rings is 3. The molecule has 1 fully saturated rings. The Morgan fingerprint density at radius 2 is 1.50 bits per heavy atom. The molecular weight excluding hydrogens is 488 g/mol. The SMILES string of the molecule is O=C(C[C@H]1S/C(=N\N=C2c3ccccc3-c3ccccc32)NC1=O)Nc1ccc(Br)cc1. The molecule has 5 rings (SSSR count). The van der Waals surface area contributed by atoms with Gasteiger partial charge < -0.3 is 10.6 Å². The van der Waals surface area contributed by atoms with Crippen LogP contribution in [-0.4, -0.2) is 27.9 Å². The Labute approximate surface area is 197 Å². The molecule has 3 aromatic rings. The van der Waals surface area contributed by atoms with E-state index in [1.54, 1.807) is 12.1 Å². The number of rotatable bonds is 4. The van der Waals surface area contributed by atoms with Crippen LogP contribution in [0, 0.1) is 0 Å². The zero-order chi connectivity index (χ0) is 22.1. The van der Waals surface area contributed by atoms with Crippen molar-refractivity contribution in [2.75, 3.05) is 5.32 Å². The average molecular weight is 505 g/mol. The van der Waals surface area contributed by atoms with Crippen LogP contribution in [0.5, 0.6) is 0 Å². The number of nitrogens with zero attached hydrogens (tertiary/aromatic N) is 2. The second kappa shape index (κ2) is 8.72. The molecule has 1 aliphatic carbocycles. The van der Waals surface area contributed by atoms with E-state index in [0.29, 0.717) is 10.9 Å². The number of hydrogen-bond donors (Lipinski definition) is 2. The summed E-state index contributed by atoms with van der Waals surface area (Å²) in [5, 5.41) is 14.2. The number of amides is 2. The van der Waals surface area contributed by atoms with E-state index in [0.717, 1.165) is 32.4 Å². The van der Waals surface area contributed by atoms with Crippen molar-refractivity contribution in [3.63, 3.8) is 0 Å². The number of thioether (sulfide) groups is 1. The van der Waals surface area contributed by atoms with Crippen LogP contribution < -0.4 is 10.6 Å². The maximum atomic E-state index is 12.4. The number of anilines is 1. The van der Waals surface area contributed by atoms with Gasteiger partial charge in [-0.25, -0.2) is 0 Å². The highest BCUT2D eigenvalue weighted by atomic mass is 79.9. The van der Waals surface area contributed by atoms with Crippen LogP contribution in [0.15, 0.2) is 87.5 Å². The molecule has 1 heterocycles. The van der Waals surface area contributed by atoms with Gasteiger partial charge in [0.25, 0.3) is 0 Å². The van der Waals surface area contributed by atoms with Gasteiger partial charge in [0, 0.05) is 27.7 Å². The minimum absolute atomic E-state index is 0.0494. The quantitative estimate of drug-likeness (QED) is 0.391. The molecule has 2 aliphatic rings. The van der Waals surface area contributed by atoms with E-state index in [-0.39, 0.29) is 18.2 Å². The Balaban J connectivity index is 1.31. The molecule has 158 valence electrons. The lowest BCUT2D eigenvalue weighted by atomic mass is 10.1. The van der Waals surface area contributed by atoms with Crippen molar-refractivity contribution in [2.24, 2.45) is 10.2 Å². The number of fused-ring (bicyclic) bond motifs is 3. The number of carbonyl (C=O) groups excluding carboxylic acids is 2. The molecule has 8 heteroatoms. The Bertz CT molecular complexity index is 1240. The smallest absolute Gasteiger partial charge is 0.240 e. The predicted octanol–water partition coefficient (Wildman–Crippen LogP) is 4.80. The van der Waals surface area contributed by atoms with Crippen LogP contribution in [0.4, 0.5) is 5.69 Å². The fraction of sp³-hybridized carbons (Fsp3) is 0.0833. The molecule has 0 bridgehead atoms. The largest absolute Gasteiger partial charge is 0.326 e. The molecule has 3 aromatic carbocycles. The molecule has 0 spiro atoms. The average Bonchev–Trinajstić information content (AvgIpc) is 3.31. The third kappa shape index (κ3) is 4.11. The summed E-state index contributed by atoms with van der Waals surface area (Å²) >= 11 is 4.58. The van der Waals surface area contributed by atoms with Gasteiger partial charge in [0.2, 0.25) is 11.8 Å². The van der Waals surface area contributed by atoms with Crippen molar-refractivity contribution in [3.05, 3.63) is 88.4 Å². The monoisotopic (exact) mass is 504 g/mol. The van der Waals surface area contributed by atoms with Gasteiger partial charge in [0.1, 0.15) is 11.0 Å². The number of nitrogens with one attached hydrogen (secondary N) is 2. The van der Waals surface area contributed by atoms with Gasteiger partial charge in [-0.1, -0.05) is 76.2 Å². The Kier molecular flexibility index (Phi) is 5.63. The third-order valence-electron chi connectivity index (χ3n) is 5.17. The van der Waals surface area contributed by atoms with Gasteiger partial charge in [-0.05, 0) is 35.4 Å². The molecule has 32 heavy (non-hydrogen) atoms. The summed E-state index contributed by atoms with van der Waals surface area (Å²) in [6, 6.07) is 23.4. The summed E-state index contributed by atoms with van der Waals surface area (Å²) < 4.78 is 0.927. The lowest BCUT2D eigenvalue weighted by Gasteiger charge is -2.07. The molecule has 0 aromatic heterocycles. The highest BCUT2D eigenvalue weighted by molar-refractivity contribution is 9.10. The number of carbonyl (C=O) groups is 2. The van der Waals surface area contributed by atoms with Crippen LogP contribution in [0.1, 0.15) is 17.5 Å². The molecule has 2 N–H and O–H groups in total. The molecule has 1 saturated heterocycles. The van der Waals surface area contributed by atoms with Gasteiger partial charge in [-0.2, -0.15) is 0 Å². The Hall–Kier alpha value is -3.23. The molecule has 0 unspecified atom stereocenters. The number of amidine groups is 1. The maximum absolute atomic E-state index is 12.4. The Morgan fingerprint density at radius 3 is 2.12 bits per heavy atom. The van der Waals surface area contributed by atoms with Crippen molar-refractivity contribution in [1.82, 2.24) is 5.32 Å². The van der Waals surface area contributed by atoms with E-state index in [9.17, 15) is 9.59 Å². The first-order chi connectivity index (χ1) is 15.6. The summed E-state index contributed by atoms with van der Waals surface area (Å²) in [7, 11) is 0.